The summed E-state index contributed by atoms with van der Waals surface area (Å²) in [7, 11) is 1.69. The second-order valence-corrected chi connectivity index (χ2v) is 7.08. The molecule has 1 spiro atoms. The molecule has 1 aromatic heterocycles. The van der Waals surface area contributed by atoms with Gasteiger partial charge in [0.25, 0.3) is 0 Å². The van der Waals surface area contributed by atoms with Crippen LogP contribution >= 0.6 is 0 Å². The number of piperidine rings is 2. The SMILES string of the molecule is COCCN1CC2(CCC1=O)CCN(Cc1cnc(C)[nH]1)CC2. The topological polar surface area (TPSA) is 61.5 Å². The molecule has 128 valence electrons. The van der Waals surface area contributed by atoms with Crippen molar-refractivity contribution in [3.63, 3.8) is 0 Å². The number of hydrogen-bond donors (Lipinski definition) is 1. The lowest BCUT2D eigenvalue weighted by Gasteiger charge is -2.47. The van der Waals surface area contributed by atoms with Crippen molar-refractivity contribution in [3.8, 4) is 0 Å². The smallest absolute Gasteiger partial charge is 0.222 e. The second kappa shape index (κ2) is 7.01. The Morgan fingerprint density at radius 1 is 1.35 bits per heavy atom. The summed E-state index contributed by atoms with van der Waals surface area (Å²) in [4.78, 5) is 24.2. The average molecular weight is 320 g/mol. The van der Waals surface area contributed by atoms with Gasteiger partial charge in [0.05, 0.1) is 6.61 Å². The largest absolute Gasteiger partial charge is 0.383 e. The Morgan fingerprint density at radius 2 is 2.13 bits per heavy atom. The van der Waals surface area contributed by atoms with Gasteiger partial charge in [-0.25, -0.2) is 4.98 Å². The number of nitrogens with zero attached hydrogens (tertiary/aromatic N) is 3. The highest BCUT2D eigenvalue weighted by molar-refractivity contribution is 5.77. The number of carbonyl (C=O) groups excluding carboxylic acids is 1. The highest BCUT2D eigenvalue weighted by Gasteiger charge is 2.40. The van der Waals surface area contributed by atoms with Crippen LogP contribution in [-0.2, 0) is 16.1 Å². The summed E-state index contributed by atoms with van der Waals surface area (Å²) in [5, 5.41) is 0. The molecule has 3 heterocycles. The first-order valence-electron chi connectivity index (χ1n) is 8.60. The molecule has 2 saturated heterocycles. The Balaban J connectivity index is 1.53. The van der Waals surface area contributed by atoms with Gasteiger partial charge in [0.15, 0.2) is 0 Å². The van der Waals surface area contributed by atoms with E-state index in [4.69, 9.17) is 4.74 Å². The lowest BCUT2D eigenvalue weighted by atomic mass is 9.72. The second-order valence-electron chi connectivity index (χ2n) is 7.08. The van der Waals surface area contributed by atoms with Crippen LogP contribution in [0.4, 0.5) is 0 Å². The molecule has 1 aromatic rings. The first kappa shape index (κ1) is 16.5. The summed E-state index contributed by atoms with van der Waals surface area (Å²) >= 11 is 0. The van der Waals surface area contributed by atoms with Gasteiger partial charge in [-0.1, -0.05) is 0 Å². The molecule has 6 nitrogen and oxygen atoms in total. The lowest BCUT2D eigenvalue weighted by Crippen LogP contribution is -2.52. The van der Waals surface area contributed by atoms with Gasteiger partial charge in [0.1, 0.15) is 5.82 Å². The van der Waals surface area contributed by atoms with E-state index in [1.807, 2.05) is 18.0 Å². The number of hydrogen-bond acceptors (Lipinski definition) is 4. The number of ether oxygens (including phenoxy) is 1. The molecule has 0 radical (unpaired) electrons. The molecule has 2 aliphatic rings. The van der Waals surface area contributed by atoms with Crippen LogP contribution in [0.15, 0.2) is 6.20 Å². The van der Waals surface area contributed by atoms with Crippen molar-refractivity contribution in [1.29, 1.82) is 0 Å². The zero-order valence-electron chi connectivity index (χ0n) is 14.3. The van der Waals surface area contributed by atoms with Crippen LogP contribution in [0.25, 0.3) is 0 Å². The van der Waals surface area contributed by atoms with E-state index in [9.17, 15) is 4.79 Å². The van der Waals surface area contributed by atoms with Crippen molar-refractivity contribution in [1.82, 2.24) is 19.8 Å². The molecule has 0 unspecified atom stereocenters. The summed E-state index contributed by atoms with van der Waals surface area (Å²) < 4.78 is 5.14. The maximum Gasteiger partial charge on any atom is 0.222 e. The zero-order chi connectivity index (χ0) is 16.3. The summed E-state index contributed by atoms with van der Waals surface area (Å²) in [5.74, 6) is 1.27. The van der Waals surface area contributed by atoms with Crippen LogP contribution in [0.2, 0.25) is 0 Å². The quantitative estimate of drug-likeness (QED) is 0.894. The van der Waals surface area contributed by atoms with E-state index in [1.54, 1.807) is 7.11 Å². The van der Waals surface area contributed by atoms with Crippen LogP contribution in [-0.4, -0.2) is 65.6 Å². The highest BCUT2D eigenvalue weighted by Crippen LogP contribution is 2.40. The molecule has 1 N–H and O–H groups in total. The predicted molar refractivity (Wildman–Crippen MR) is 88.0 cm³/mol. The lowest BCUT2D eigenvalue weighted by molar-refractivity contribution is -0.139. The van der Waals surface area contributed by atoms with E-state index in [-0.39, 0.29) is 0 Å². The number of aryl methyl sites for hydroxylation is 1. The third-order valence-electron chi connectivity index (χ3n) is 5.38. The Bertz CT molecular complexity index is 534. The van der Waals surface area contributed by atoms with Gasteiger partial charge in [0.2, 0.25) is 5.91 Å². The first-order chi connectivity index (χ1) is 11.1. The number of aromatic amines is 1. The molecule has 0 aromatic carbocycles. The average Bonchev–Trinajstić information content (AvgIpc) is 2.96. The van der Waals surface area contributed by atoms with Crippen LogP contribution in [0.1, 0.15) is 37.2 Å². The van der Waals surface area contributed by atoms with Crippen molar-refractivity contribution < 1.29 is 9.53 Å². The Morgan fingerprint density at radius 3 is 2.78 bits per heavy atom. The van der Waals surface area contributed by atoms with Crippen LogP contribution in [0.5, 0.6) is 0 Å². The van der Waals surface area contributed by atoms with Crippen molar-refractivity contribution in [2.24, 2.45) is 5.41 Å². The maximum atomic E-state index is 12.1. The third kappa shape index (κ3) is 3.93. The number of carbonyl (C=O) groups is 1. The van der Waals surface area contributed by atoms with Gasteiger partial charge in [-0.2, -0.15) is 0 Å². The fourth-order valence-corrected chi connectivity index (χ4v) is 3.89. The molecule has 0 bridgehead atoms. The van der Waals surface area contributed by atoms with E-state index < -0.39 is 0 Å². The van der Waals surface area contributed by atoms with Gasteiger partial charge in [-0.05, 0) is 44.7 Å². The summed E-state index contributed by atoms with van der Waals surface area (Å²) in [6, 6.07) is 0. The number of likely N-dealkylation sites (tertiary alicyclic amines) is 2. The van der Waals surface area contributed by atoms with E-state index in [1.165, 1.54) is 18.5 Å². The first-order valence-corrected chi connectivity index (χ1v) is 8.60. The Labute approximate surface area is 138 Å². The number of amides is 1. The summed E-state index contributed by atoms with van der Waals surface area (Å²) in [5.41, 5.74) is 1.51. The minimum absolute atomic E-state index is 0.294. The Hall–Kier alpha value is -1.40. The third-order valence-corrected chi connectivity index (χ3v) is 5.38. The van der Waals surface area contributed by atoms with Crippen LogP contribution in [0, 0.1) is 12.3 Å². The molecule has 0 atom stereocenters. The van der Waals surface area contributed by atoms with Crippen LogP contribution < -0.4 is 0 Å². The van der Waals surface area contributed by atoms with Crippen LogP contribution in [0.3, 0.4) is 0 Å². The Kier molecular flexibility index (Phi) is 5.02. The van der Waals surface area contributed by atoms with Crippen molar-refractivity contribution in [2.75, 3.05) is 39.9 Å². The van der Waals surface area contributed by atoms with E-state index in [2.05, 4.69) is 14.9 Å². The number of nitrogens with one attached hydrogen (secondary N) is 1. The zero-order valence-corrected chi connectivity index (χ0v) is 14.3. The summed E-state index contributed by atoms with van der Waals surface area (Å²) in [6.45, 7) is 7.41. The van der Waals surface area contributed by atoms with Gasteiger partial charge in [-0.15, -0.1) is 0 Å². The molecule has 1 amide bonds. The molecular formula is C17H28N4O2. The van der Waals surface area contributed by atoms with E-state index >= 15 is 0 Å². The number of rotatable bonds is 5. The van der Waals surface area contributed by atoms with Gasteiger partial charge < -0.3 is 14.6 Å². The minimum atomic E-state index is 0.294. The summed E-state index contributed by atoms with van der Waals surface area (Å²) in [6.07, 6.45) is 6.04. The number of aromatic nitrogens is 2. The van der Waals surface area contributed by atoms with E-state index in [0.29, 0.717) is 24.3 Å². The molecule has 2 fully saturated rings. The number of methoxy groups -OCH3 is 1. The molecule has 23 heavy (non-hydrogen) atoms. The van der Waals surface area contributed by atoms with Crippen molar-refractivity contribution in [2.45, 2.75) is 39.2 Å². The van der Waals surface area contributed by atoms with Gasteiger partial charge >= 0.3 is 0 Å². The molecule has 0 aliphatic carbocycles. The molecule has 0 saturated carbocycles. The highest BCUT2D eigenvalue weighted by atomic mass is 16.5. The number of H-pyrrole nitrogens is 1. The number of imidazole rings is 1. The van der Waals surface area contributed by atoms with Gasteiger partial charge in [-0.3, -0.25) is 9.69 Å². The van der Waals surface area contributed by atoms with Gasteiger partial charge in [0, 0.05) is 45.1 Å². The molecule has 6 heteroatoms. The minimum Gasteiger partial charge on any atom is -0.383 e. The molecule has 3 rings (SSSR count). The maximum absolute atomic E-state index is 12.1. The monoisotopic (exact) mass is 320 g/mol. The molecule has 2 aliphatic heterocycles. The fraction of sp³-hybridized carbons (Fsp3) is 0.765. The molecular weight excluding hydrogens is 292 g/mol. The fourth-order valence-electron chi connectivity index (χ4n) is 3.89. The van der Waals surface area contributed by atoms with E-state index in [0.717, 1.165) is 45.0 Å². The van der Waals surface area contributed by atoms with Crippen molar-refractivity contribution >= 4 is 5.91 Å². The normalized spacial score (nSPS) is 22.0. The van der Waals surface area contributed by atoms with Crippen molar-refractivity contribution in [3.05, 3.63) is 17.7 Å². The standard InChI is InChI=1S/C17H28N4O2/c1-14-18-11-15(19-14)12-20-7-5-17(6-8-20)4-3-16(22)21(13-17)9-10-23-2/h11H,3-10,12-13H2,1-2H3,(H,18,19). The predicted octanol–water partition coefficient (Wildman–Crippen LogP) is 1.57.